The van der Waals surface area contributed by atoms with Gasteiger partial charge in [-0.05, 0) is 49.6 Å². The summed E-state index contributed by atoms with van der Waals surface area (Å²) in [6, 6.07) is 18.0. The molecule has 0 aliphatic carbocycles. The van der Waals surface area contributed by atoms with Gasteiger partial charge in [0.05, 0.1) is 11.3 Å². The maximum Gasteiger partial charge on any atom is 0.257 e. The predicted octanol–water partition coefficient (Wildman–Crippen LogP) is 3.80. The van der Waals surface area contributed by atoms with Crippen molar-refractivity contribution >= 4 is 27.7 Å². The van der Waals surface area contributed by atoms with Gasteiger partial charge in [-0.1, -0.05) is 29.8 Å². The largest absolute Gasteiger partial charge is 0.354 e. The molecule has 0 aliphatic rings. The maximum atomic E-state index is 12.3. The van der Waals surface area contributed by atoms with Gasteiger partial charge in [-0.15, -0.1) is 0 Å². The Morgan fingerprint density at radius 3 is 2.47 bits per heavy atom. The van der Waals surface area contributed by atoms with Crippen LogP contribution in [0.4, 0.5) is 0 Å². The Balaban J connectivity index is 0.000000244. The second-order valence-corrected chi connectivity index (χ2v) is 7.32. The molecule has 0 spiro atoms. The number of amides is 1. The number of benzene rings is 2. The molecule has 0 aliphatic heterocycles. The van der Waals surface area contributed by atoms with Gasteiger partial charge in [0.1, 0.15) is 0 Å². The first-order chi connectivity index (χ1) is 14.4. The number of nitrogens with two attached hydrogens (primary N) is 1. The fourth-order valence-electron chi connectivity index (χ4n) is 3.24. The van der Waals surface area contributed by atoms with Crippen molar-refractivity contribution in [3.8, 4) is 11.3 Å². The molecule has 30 heavy (non-hydrogen) atoms. The third-order valence-electron chi connectivity index (χ3n) is 5.08. The topological polar surface area (TPSA) is 95.0 Å². The number of para-hydroxylation sites is 1. The molecule has 0 fully saturated rings. The molecule has 0 saturated carbocycles. The van der Waals surface area contributed by atoms with Crippen molar-refractivity contribution in [3.63, 3.8) is 0 Å². The molecule has 2 heterocycles. The number of aromatic amines is 2. The maximum absolute atomic E-state index is 12.3. The summed E-state index contributed by atoms with van der Waals surface area (Å²) in [6.45, 7) is 5.21. The van der Waals surface area contributed by atoms with Gasteiger partial charge < -0.3 is 20.6 Å². The van der Waals surface area contributed by atoms with Gasteiger partial charge in [0.25, 0.3) is 5.56 Å². The monoisotopic (exact) mass is 404 g/mol. The van der Waals surface area contributed by atoms with Crippen molar-refractivity contribution in [1.82, 2.24) is 14.9 Å². The van der Waals surface area contributed by atoms with E-state index in [1.54, 1.807) is 11.9 Å². The third-order valence-corrected chi connectivity index (χ3v) is 5.08. The van der Waals surface area contributed by atoms with Crippen molar-refractivity contribution in [2.75, 3.05) is 20.1 Å². The Morgan fingerprint density at radius 2 is 1.73 bits per heavy atom. The summed E-state index contributed by atoms with van der Waals surface area (Å²) in [5, 5.41) is 2.15. The molecule has 6 nitrogen and oxygen atoms in total. The van der Waals surface area contributed by atoms with Crippen LogP contribution in [0.1, 0.15) is 18.9 Å². The number of aromatic nitrogens is 2. The average Bonchev–Trinajstić information content (AvgIpc) is 3.16. The third kappa shape index (κ3) is 4.78. The first kappa shape index (κ1) is 21.3. The molecular formula is C24H28N4O2. The van der Waals surface area contributed by atoms with Crippen molar-refractivity contribution in [2.45, 2.75) is 20.3 Å². The summed E-state index contributed by atoms with van der Waals surface area (Å²) >= 11 is 0. The fourth-order valence-corrected chi connectivity index (χ4v) is 3.24. The number of nitrogens with one attached hydrogen (secondary N) is 2. The van der Waals surface area contributed by atoms with E-state index in [4.69, 9.17) is 5.73 Å². The lowest BCUT2D eigenvalue weighted by molar-refractivity contribution is -0.129. The number of hydrogen-bond donors (Lipinski definition) is 3. The van der Waals surface area contributed by atoms with E-state index in [2.05, 4.69) is 29.0 Å². The molecule has 4 rings (SSSR count). The van der Waals surface area contributed by atoms with E-state index in [0.29, 0.717) is 18.5 Å². The lowest BCUT2D eigenvalue weighted by Gasteiger charge is -2.12. The summed E-state index contributed by atoms with van der Waals surface area (Å²) < 4.78 is 0. The van der Waals surface area contributed by atoms with Crippen LogP contribution in [-0.2, 0) is 4.79 Å². The zero-order valence-electron chi connectivity index (χ0n) is 17.7. The van der Waals surface area contributed by atoms with E-state index in [9.17, 15) is 9.59 Å². The van der Waals surface area contributed by atoms with E-state index < -0.39 is 0 Å². The standard InChI is InChI=1S/C18H14N2O.C6H14N2O/c1-11-6-7-16-13(8-11)10-17(19-16)14-9-12-4-2-3-5-15(12)20-18(14)21;1-3-8(2)6(9)4-5-7/h2-10,19H,1H3,(H,20,21);3-5,7H2,1-2H3. The number of pyridine rings is 1. The molecular weight excluding hydrogens is 376 g/mol. The Labute approximate surface area is 175 Å². The van der Waals surface area contributed by atoms with Gasteiger partial charge in [-0.25, -0.2) is 0 Å². The second-order valence-electron chi connectivity index (χ2n) is 7.32. The van der Waals surface area contributed by atoms with Crippen LogP contribution in [-0.4, -0.2) is 40.9 Å². The van der Waals surface area contributed by atoms with Crippen LogP contribution >= 0.6 is 0 Å². The predicted molar refractivity (Wildman–Crippen MR) is 124 cm³/mol. The summed E-state index contributed by atoms with van der Waals surface area (Å²) in [6.07, 6.45) is 0.463. The molecule has 6 heteroatoms. The number of carbonyl (C=O) groups is 1. The smallest absolute Gasteiger partial charge is 0.257 e. The zero-order valence-corrected chi connectivity index (χ0v) is 17.7. The van der Waals surface area contributed by atoms with E-state index in [-0.39, 0.29) is 11.5 Å². The van der Waals surface area contributed by atoms with Crippen LogP contribution < -0.4 is 11.3 Å². The van der Waals surface area contributed by atoms with Gasteiger partial charge in [-0.3, -0.25) is 9.59 Å². The second kappa shape index (κ2) is 9.41. The quantitative estimate of drug-likeness (QED) is 0.483. The normalized spacial score (nSPS) is 10.7. The molecule has 1 amide bonds. The number of fused-ring (bicyclic) bond motifs is 2. The zero-order chi connectivity index (χ0) is 21.7. The van der Waals surface area contributed by atoms with Crippen LogP contribution in [0, 0.1) is 6.92 Å². The van der Waals surface area contributed by atoms with E-state index >= 15 is 0 Å². The molecule has 2 aromatic carbocycles. The van der Waals surface area contributed by atoms with Gasteiger partial charge >= 0.3 is 0 Å². The number of hydrogen-bond acceptors (Lipinski definition) is 3. The Bertz CT molecular complexity index is 1220. The van der Waals surface area contributed by atoms with Gasteiger partial charge in [0.2, 0.25) is 5.91 Å². The number of H-pyrrole nitrogens is 2. The Morgan fingerprint density at radius 1 is 1.00 bits per heavy atom. The highest BCUT2D eigenvalue weighted by molar-refractivity contribution is 5.89. The van der Waals surface area contributed by atoms with Gasteiger partial charge in [-0.2, -0.15) is 0 Å². The van der Waals surface area contributed by atoms with Crippen molar-refractivity contribution in [1.29, 1.82) is 0 Å². The van der Waals surface area contributed by atoms with Crippen LogP contribution in [0.3, 0.4) is 0 Å². The van der Waals surface area contributed by atoms with Crippen molar-refractivity contribution in [3.05, 3.63) is 70.5 Å². The van der Waals surface area contributed by atoms with Crippen molar-refractivity contribution in [2.24, 2.45) is 5.73 Å². The van der Waals surface area contributed by atoms with Gasteiger partial charge in [0.15, 0.2) is 0 Å². The number of aryl methyl sites for hydroxylation is 1. The van der Waals surface area contributed by atoms with E-state index in [1.165, 1.54) is 5.56 Å². The SMILES string of the molecule is CCN(C)C(=O)CCN.Cc1ccc2[nH]c(-c3cc4ccccc4[nH]c3=O)cc2c1. The van der Waals surface area contributed by atoms with Crippen molar-refractivity contribution < 1.29 is 4.79 Å². The Kier molecular flexibility index (Phi) is 6.69. The first-order valence-corrected chi connectivity index (χ1v) is 10.1. The summed E-state index contributed by atoms with van der Waals surface area (Å²) in [7, 11) is 1.78. The van der Waals surface area contributed by atoms with Crippen LogP contribution in [0.25, 0.3) is 33.1 Å². The van der Waals surface area contributed by atoms with Crippen LogP contribution in [0.5, 0.6) is 0 Å². The Hall–Kier alpha value is -3.38. The van der Waals surface area contributed by atoms with E-state index in [0.717, 1.165) is 34.0 Å². The highest BCUT2D eigenvalue weighted by Crippen LogP contribution is 2.24. The molecule has 0 atom stereocenters. The van der Waals surface area contributed by atoms with E-state index in [1.807, 2.05) is 49.4 Å². The highest BCUT2D eigenvalue weighted by Gasteiger charge is 2.09. The fraction of sp³-hybridized carbons (Fsp3) is 0.250. The highest BCUT2D eigenvalue weighted by atomic mass is 16.2. The molecule has 4 N–H and O–H groups in total. The van der Waals surface area contributed by atoms with Gasteiger partial charge in [0, 0.05) is 43.0 Å². The minimum absolute atomic E-state index is 0.0722. The molecule has 156 valence electrons. The lowest BCUT2D eigenvalue weighted by Crippen LogP contribution is -2.27. The molecule has 0 unspecified atom stereocenters. The molecule has 4 aromatic rings. The summed E-state index contributed by atoms with van der Waals surface area (Å²) in [4.78, 5) is 31.0. The molecule has 2 aromatic heterocycles. The van der Waals surface area contributed by atoms with Crippen LogP contribution in [0.2, 0.25) is 0 Å². The lowest BCUT2D eigenvalue weighted by atomic mass is 10.1. The number of rotatable bonds is 4. The number of carbonyl (C=O) groups excluding carboxylic acids is 1. The minimum Gasteiger partial charge on any atom is -0.354 e. The number of nitrogens with zero attached hydrogens (tertiary/aromatic N) is 1. The average molecular weight is 405 g/mol. The minimum atomic E-state index is -0.0722. The first-order valence-electron chi connectivity index (χ1n) is 10.1. The molecule has 0 saturated heterocycles. The summed E-state index contributed by atoms with van der Waals surface area (Å²) in [5.74, 6) is 0.125. The summed E-state index contributed by atoms with van der Waals surface area (Å²) in [5.41, 5.74) is 9.73. The van der Waals surface area contributed by atoms with Crippen LogP contribution in [0.15, 0.2) is 59.4 Å². The molecule has 0 bridgehead atoms. The molecule has 0 radical (unpaired) electrons.